The molecule has 0 aliphatic carbocycles. The molecule has 0 saturated carbocycles. The Morgan fingerprint density at radius 1 is 1.25 bits per heavy atom. The number of aliphatic imine (C=N–C) groups is 1. The molecule has 0 radical (unpaired) electrons. The van der Waals surface area contributed by atoms with Crippen molar-refractivity contribution in [3.8, 4) is 0 Å². The van der Waals surface area contributed by atoms with Crippen molar-refractivity contribution >= 4 is 5.71 Å². The number of hydrogen-bond acceptors (Lipinski definition) is 1. The highest BCUT2D eigenvalue weighted by Gasteiger charge is 2.27. The Bertz CT molecular complexity index is 179. The second-order valence-electron chi connectivity index (χ2n) is 4.66. The van der Waals surface area contributed by atoms with Gasteiger partial charge in [-0.2, -0.15) is 0 Å². The van der Waals surface area contributed by atoms with E-state index in [1.54, 1.807) is 0 Å². The van der Waals surface area contributed by atoms with E-state index in [1.807, 2.05) is 0 Å². The van der Waals surface area contributed by atoms with Crippen LogP contribution in [0.1, 0.15) is 41.0 Å². The zero-order valence-electron chi connectivity index (χ0n) is 8.96. The molecule has 0 aromatic heterocycles. The highest BCUT2D eigenvalue weighted by molar-refractivity contribution is 5.89. The molecule has 12 heavy (non-hydrogen) atoms. The van der Waals surface area contributed by atoms with Gasteiger partial charge in [-0.15, -0.1) is 0 Å². The molecule has 0 aromatic rings. The SMILES string of the molecule is CC(C)C1=NC(C(C)C)CC1C. The van der Waals surface area contributed by atoms with E-state index in [4.69, 9.17) is 4.99 Å². The smallest absolute Gasteiger partial charge is 0.0528 e. The molecule has 0 N–H and O–H groups in total. The van der Waals surface area contributed by atoms with Crippen LogP contribution in [0.5, 0.6) is 0 Å². The lowest BCUT2D eigenvalue weighted by Crippen LogP contribution is -2.13. The Morgan fingerprint density at radius 3 is 2.08 bits per heavy atom. The van der Waals surface area contributed by atoms with Gasteiger partial charge in [-0.05, 0) is 24.2 Å². The maximum Gasteiger partial charge on any atom is 0.0528 e. The molecule has 0 spiro atoms. The minimum absolute atomic E-state index is 0.595. The fraction of sp³-hybridized carbons (Fsp3) is 0.909. The number of rotatable bonds is 2. The lowest BCUT2D eigenvalue weighted by atomic mass is 9.92. The second kappa shape index (κ2) is 3.59. The van der Waals surface area contributed by atoms with Crippen molar-refractivity contribution < 1.29 is 0 Å². The fourth-order valence-corrected chi connectivity index (χ4v) is 1.99. The van der Waals surface area contributed by atoms with E-state index in [0.29, 0.717) is 17.9 Å². The van der Waals surface area contributed by atoms with E-state index in [2.05, 4.69) is 34.6 Å². The molecular weight excluding hydrogens is 146 g/mol. The molecule has 0 amide bonds. The van der Waals surface area contributed by atoms with Crippen molar-refractivity contribution in [1.29, 1.82) is 0 Å². The largest absolute Gasteiger partial charge is 0.290 e. The Morgan fingerprint density at radius 2 is 1.83 bits per heavy atom. The predicted molar refractivity (Wildman–Crippen MR) is 54.7 cm³/mol. The Labute approximate surface area is 76.3 Å². The summed E-state index contributed by atoms with van der Waals surface area (Å²) in [5, 5.41) is 0. The molecule has 1 aliphatic rings. The summed E-state index contributed by atoms with van der Waals surface area (Å²) in [6.07, 6.45) is 1.27. The van der Waals surface area contributed by atoms with Crippen molar-refractivity contribution in [2.75, 3.05) is 0 Å². The standard InChI is InChI=1S/C11H21N/c1-7(2)10-6-9(5)11(12-10)8(3)4/h7-10H,6H2,1-5H3. The van der Waals surface area contributed by atoms with E-state index in [-0.39, 0.29) is 0 Å². The van der Waals surface area contributed by atoms with Gasteiger partial charge in [0.15, 0.2) is 0 Å². The topological polar surface area (TPSA) is 12.4 Å². The summed E-state index contributed by atoms with van der Waals surface area (Å²) in [6.45, 7) is 11.3. The third kappa shape index (κ3) is 1.88. The monoisotopic (exact) mass is 167 g/mol. The average Bonchev–Trinajstić information content (AvgIpc) is 2.30. The van der Waals surface area contributed by atoms with Gasteiger partial charge in [-0.25, -0.2) is 0 Å². The third-order valence-electron chi connectivity index (χ3n) is 2.78. The summed E-state index contributed by atoms with van der Waals surface area (Å²) in [5.74, 6) is 2.07. The lowest BCUT2D eigenvalue weighted by Gasteiger charge is -2.10. The van der Waals surface area contributed by atoms with Crippen LogP contribution >= 0.6 is 0 Å². The molecule has 1 heterocycles. The van der Waals surface area contributed by atoms with Crippen LogP contribution < -0.4 is 0 Å². The first kappa shape index (κ1) is 9.76. The van der Waals surface area contributed by atoms with Crippen molar-refractivity contribution in [3.63, 3.8) is 0 Å². The van der Waals surface area contributed by atoms with E-state index in [0.717, 1.165) is 5.92 Å². The van der Waals surface area contributed by atoms with Gasteiger partial charge in [-0.1, -0.05) is 34.6 Å². The van der Waals surface area contributed by atoms with Crippen LogP contribution in [-0.4, -0.2) is 11.8 Å². The second-order valence-corrected chi connectivity index (χ2v) is 4.66. The minimum atomic E-state index is 0.595. The molecule has 0 fully saturated rings. The molecular formula is C11H21N. The first-order valence-electron chi connectivity index (χ1n) is 5.10. The fourth-order valence-electron chi connectivity index (χ4n) is 1.99. The highest BCUT2D eigenvalue weighted by Crippen LogP contribution is 2.28. The zero-order chi connectivity index (χ0) is 9.30. The van der Waals surface area contributed by atoms with Gasteiger partial charge in [0.05, 0.1) is 6.04 Å². The Balaban J connectivity index is 2.68. The normalized spacial score (nSPS) is 30.1. The summed E-state index contributed by atoms with van der Waals surface area (Å²) >= 11 is 0. The molecule has 1 heteroatoms. The molecule has 70 valence electrons. The molecule has 0 bridgehead atoms. The first-order valence-corrected chi connectivity index (χ1v) is 5.10. The highest BCUT2D eigenvalue weighted by atomic mass is 14.9. The summed E-state index contributed by atoms with van der Waals surface area (Å²) in [7, 11) is 0. The summed E-state index contributed by atoms with van der Waals surface area (Å²) in [5.41, 5.74) is 1.44. The number of hydrogen-bond donors (Lipinski definition) is 0. The van der Waals surface area contributed by atoms with E-state index >= 15 is 0 Å². The quantitative estimate of drug-likeness (QED) is 0.599. The molecule has 1 aliphatic heterocycles. The van der Waals surface area contributed by atoms with Crippen LogP contribution in [0.25, 0.3) is 0 Å². The molecule has 0 aromatic carbocycles. The van der Waals surface area contributed by atoms with Crippen LogP contribution in [0, 0.1) is 17.8 Å². The molecule has 1 nitrogen and oxygen atoms in total. The van der Waals surface area contributed by atoms with Gasteiger partial charge in [0.1, 0.15) is 0 Å². The van der Waals surface area contributed by atoms with Crippen LogP contribution in [0.4, 0.5) is 0 Å². The third-order valence-corrected chi connectivity index (χ3v) is 2.78. The van der Waals surface area contributed by atoms with Crippen molar-refractivity contribution in [2.45, 2.75) is 47.1 Å². The van der Waals surface area contributed by atoms with Crippen LogP contribution in [0.15, 0.2) is 4.99 Å². The minimum Gasteiger partial charge on any atom is -0.290 e. The molecule has 2 atom stereocenters. The van der Waals surface area contributed by atoms with Crippen LogP contribution in [0.3, 0.4) is 0 Å². The first-order chi connectivity index (χ1) is 5.52. The molecule has 2 unspecified atom stereocenters. The van der Waals surface area contributed by atoms with Gasteiger partial charge in [0.25, 0.3) is 0 Å². The maximum atomic E-state index is 4.78. The van der Waals surface area contributed by atoms with Gasteiger partial charge in [-0.3, -0.25) is 4.99 Å². The average molecular weight is 167 g/mol. The number of nitrogens with zero attached hydrogens (tertiary/aromatic N) is 1. The zero-order valence-corrected chi connectivity index (χ0v) is 8.96. The summed E-state index contributed by atoms with van der Waals surface area (Å²) in [4.78, 5) is 4.78. The van der Waals surface area contributed by atoms with Gasteiger partial charge in [0, 0.05) is 5.71 Å². The van der Waals surface area contributed by atoms with Crippen LogP contribution in [0.2, 0.25) is 0 Å². The van der Waals surface area contributed by atoms with Gasteiger partial charge >= 0.3 is 0 Å². The van der Waals surface area contributed by atoms with E-state index in [1.165, 1.54) is 12.1 Å². The maximum absolute atomic E-state index is 4.78. The van der Waals surface area contributed by atoms with Crippen molar-refractivity contribution in [3.05, 3.63) is 0 Å². The molecule has 0 saturated heterocycles. The summed E-state index contributed by atoms with van der Waals surface area (Å²) < 4.78 is 0. The molecule has 1 rings (SSSR count). The van der Waals surface area contributed by atoms with E-state index < -0.39 is 0 Å². The van der Waals surface area contributed by atoms with Crippen molar-refractivity contribution in [1.82, 2.24) is 0 Å². The predicted octanol–water partition coefficient (Wildman–Crippen LogP) is 3.15. The lowest BCUT2D eigenvalue weighted by molar-refractivity contribution is 0.466. The van der Waals surface area contributed by atoms with Crippen LogP contribution in [-0.2, 0) is 0 Å². The Hall–Kier alpha value is -0.330. The van der Waals surface area contributed by atoms with Gasteiger partial charge in [0.2, 0.25) is 0 Å². The van der Waals surface area contributed by atoms with Gasteiger partial charge < -0.3 is 0 Å². The Kier molecular flexibility index (Phi) is 2.92. The summed E-state index contributed by atoms with van der Waals surface area (Å²) in [6, 6.07) is 0.595. The van der Waals surface area contributed by atoms with E-state index in [9.17, 15) is 0 Å². The van der Waals surface area contributed by atoms with Crippen molar-refractivity contribution in [2.24, 2.45) is 22.7 Å².